The Morgan fingerprint density at radius 2 is 1.56 bits per heavy atom. The maximum Gasteiger partial charge on any atom is 0.265 e. The third-order valence-electron chi connectivity index (χ3n) is 7.47. The molecule has 0 saturated carbocycles. The topological polar surface area (TPSA) is 86.8 Å². The summed E-state index contributed by atoms with van der Waals surface area (Å²) < 4.78 is 41.9. The third-order valence-corrected chi connectivity index (χ3v) is 9.32. The fraction of sp³-hybridized carbons (Fsp3) is 0.294. The van der Waals surface area contributed by atoms with Gasteiger partial charge in [-0.25, -0.2) is 12.8 Å². The molecule has 0 aromatic heterocycles. The normalized spacial score (nSPS) is 14.5. The van der Waals surface area contributed by atoms with Crippen molar-refractivity contribution in [1.82, 2.24) is 10.2 Å². The Morgan fingerprint density at radius 3 is 2.23 bits per heavy atom. The second-order valence-corrected chi connectivity index (χ2v) is 13.7. The van der Waals surface area contributed by atoms with Gasteiger partial charge in [-0.3, -0.25) is 13.9 Å². The predicted octanol–water partition coefficient (Wildman–Crippen LogP) is 5.82. The first-order valence-electron chi connectivity index (χ1n) is 14.4. The molecule has 224 valence electrons. The highest BCUT2D eigenvalue weighted by Gasteiger charge is 2.36. The minimum Gasteiger partial charge on any atom is -0.350 e. The Bertz CT molecular complexity index is 1730. The number of amides is 2. The highest BCUT2D eigenvalue weighted by Crippen LogP contribution is 2.42. The Balaban J connectivity index is 1.40. The molecule has 1 aliphatic heterocycles. The largest absolute Gasteiger partial charge is 0.350 e. The SMILES string of the molecule is CC(C)(C)NC(=O)[C@@H](Cc1ccccc1)N(Cc1ccc(F)cc1)C(=O)CCCN1c2cccc3cccc(c23)S1(=O)=O. The zero-order chi connectivity index (χ0) is 30.8. The lowest BCUT2D eigenvalue weighted by Crippen LogP contribution is -2.54. The van der Waals surface area contributed by atoms with E-state index >= 15 is 0 Å². The average Bonchev–Trinajstić information content (AvgIpc) is 3.18. The molecular weight excluding hydrogens is 565 g/mol. The van der Waals surface area contributed by atoms with Crippen LogP contribution in [0.2, 0.25) is 0 Å². The molecule has 1 N–H and O–H groups in total. The summed E-state index contributed by atoms with van der Waals surface area (Å²) in [4.78, 5) is 29.5. The lowest BCUT2D eigenvalue weighted by atomic mass is 10.00. The molecule has 0 saturated heterocycles. The van der Waals surface area contributed by atoms with Gasteiger partial charge in [-0.1, -0.05) is 66.7 Å². The van der Waals surface area contributed by atoms with E-state index in [0.717, 1.165) is 10.9 Å². The van der Waals surface area contributed by atoms with Gasteiger partial charge in [-0.05, 0) is 68.0 Å². The number of nitrogens with zero attached hydrogens (tertiary/aromatic N) is 2. The van der Waals surface area contributed by atoms with Crippen LogP contribution in [0, 0.1) is 5.82 Å². The molecule has 5 rings (SSSR count). The maximum atomic E-state index is 14.0. The molecule has 0 radical (unpaired) electrons. The molecule has 1 atom stereocenters. The van der Waals surface area contributed by atoms with E-state index in [1.165, 1.54) is 21.3 Å². The van der Waals surface area contributed by atoms with Crippen LogP contribution in [0.4, 0.5) is 10.1 Å². The zero-order valence-electron chi connectivity index (χ0n) is 24.6. The average molecular weight is 602 g/mol. The summed E-state index contributed by atoms with van der Waals surface area (Å²) in [5.41, 5.74) is 1.65. The van der Waals surface area contributed by atoms with Crippen molar-refractivity contribution in [3.63, 3.8) is 0 Å². The second-order valence-electron chi connectivity index (χ2n) is 11.9. The number of carbonyl (C=O) groups excluding carboxylic acids is 2. The van der Waals surface area contributed by atoms with Crippen LogP contribution in [-0.2, 0) is 32.6 Å². The second kappa shape index (κ2) is 12.2. The number of hydrogen-bond donors (Lipinski definition) is 1. The minimum absolute atomic E-state index is 0.0215. The molecule has 4 aromatic rings. The third kappa shape index (κ3) is 6.72. The molecule has 0 spiro atoms. The summed E-state index contributed by atoms with van der Waals surface area (Å²) in [5.74, 6) is -0.978. The van der Waals surface area contributed by atoms with Crippen LogP contribution in [0.25, 0.3) is 10.8 Å². The lowest BCUT2D eigenvalue weighted by molar-refractivity contribution is -0.142. The number of anilines is 1. The van der Waals surface area contributed by atoms with Gasteiger partial charge in [0.1, 0.15) is 11.9 Å². The van der Waals surface area contributed by atoms with Crippen molar-refractivity contribution in [3.05, 3.63) is 108 Å². The number of carbonyl (C=O) groups is 2. The molecule has 9 heteroatoms. The van der Waals surface area contributed by atoms with E-state index in [9.17, 15) is 22.4 Å². The minimum atomic E-state index is -3.75. The van der Waals surface area contributed by atoms with E-state index in [1.54, 1.807) is 30.3 Å². The van der Waals surface area contributed by atoms with Crippen LogP contribution in [-0.4, -0.2) is 43.3 Å². The molecular formula is C34H36FN3O4S. The van der Waals surface area contributed by atoms with Gasteiger partial charge >= 0.3 is 0 Å². The van der Waals surface area contributed by atoms with Crippen molar-refractivity contribution in [3.8, 4) is 0 Å². The Labute approximate surface area is 252 Å². The fourth-order valence-corrected chi connectivity index (χ4v) is 7.26. The van der Waals surface area contributed by atoms with Crippen LogP contribution in [0.5, 0.6) is 0 Å². The van der Waals surface area contributed by atoms with E-state index < -0.39 is 27.4 Å². The first-order chi connectivity index (χ1) is 20.4. The highest BCUT2D eigenvalue weighted by molar-refractivity contribution is 7.93. The maximum absolute atomic E-state index is 14.0. The summed E-state index contributed by atoms with van der Waals surface area (Å²) in [7, 11) is -3.75. The van der Waals surface area contributed by atoms with Crippen LogP contribution < -0.4 is 9.62 Å². The summed E-state index contributed by atoms with van der Waals surface area (Å²) >= 11 is 0. The standard InChI is InChI=1S/C34H36FN3O4S/c1-34(2,3)36-33(40)29(22-24-10-5-4-6-11-24)37(23-25-17-19-27(35)20-18-25)31(39)16-9-21-38-28-14-7-12-26-13-8-15-30(32(26)28)43(38,41)42/h4-8,10-15,17-20,29H,9,16,21-23H2,1-3H3,(H,36,40)/t29-/m1/s1. The molecule has 2 amide bonds. The summed E-state index contributed by atoms with van der Waals surface area (Å²) in [6.45, 7) is 5.85. The molecule has 0 unspecified atom stereocenters. The van der Waals surface area contributed by atoms with Crippen molar-refractivity contribution in [2.75, 3.05) is 10.8 Å². The van der Waals surface area contributed by atoms with Gasteiger partial charge in [0, 0.05) is 36.9 Å². The molecule has 7 nitrogen and oxygen atoms in total. The first-order valence-corrected chi connectivity index (χ1v) is 15.8. The number of nitrogens with one attached hydrogen (secondary N) is 1. The Kier molecular flexibility index (Phi) is 8.55. The van der Waals surface area contributed by atoms with E-state index in [2.05, 4.69) is 5.32 Å². The molecule has 0 bridgehead atoms. The van der Waals surface area contributed by atoms with E-state index in [1.807, 2.05) is 69.3 Å². The van der Waals surface area contributed by atoms with Gasteiger partial charge in [-0.15, -0.1) is 0 Å². The summed E-state index contributed by atoms with van der Waals surface area (Å²) in [6, 6.07) is 25.2. The molecule has 0 aliphatic carbocycles. The molecule has 4 aromatic carbocycles. The highest BCUT2D eigenvalue weighted by atomic mass is 32.2. The van der Waals surface area contributed by atoms with Crippen LogP contribution in [0.15, 0.2) is 95.9 Å². The van der Waals surface area contributed by atoms with Crippen molar-refractivity contribution in [1.29, 1.82) is 0 Å². The van der Waals surface area contributed by atoms with Gasteiger partial charge in [0.15, 0.2) is 0 Å². The van der Waals surface area contributed by atoms with Gasteiger partial charge in [0.2, 0.25) is 11.8 Å². The van der Waals surface area contributed by atoms with Crippen molar-refractivity contribution >= 4 is 38.3 Å². The molecule has 1 aliphatic rings. The number of halogens is 1. The molecule has 0 fully saturated rings. The number of rotatable bonds is 10. The van der Waals surface area contributed by atoms with Crippen molar-refractivity contribution in [2.24, 2.45) is 0 Å². The number of sulfonamides is 1. The van der Waals surface area contributed by atoms with Crippen LogP contribution in [0.1, 0.15) is 44.7 Å². The van der Waals surface area contributed by atoms with E-state index in [4.69, 9.17) is 0 Å². The first kappa shape index (κ1) is 30.2. The Morgan fingerprint density at radius 1 is 0.884 bits per heavy atom. The fourth-order valence-electron chi connectivity index (χ4n) is 5.51. The van der Waals surface area contributed by atoms with E-state index in [-0.39, 0.29) is 49.1 Å². The molecule has 1 heterocycles. The summed E-state index contributed by atoms with van der Waals surface area (Å²) in [5, 5.41) is 4.56. The zero-order valence-corrected chi connectivity index (χ0v) is 25.4. The van der Waals surface area contributed by atoms with Gasteiger partial charge < -0.3 is 10.2 Å². The monoisotopic (exact) mass is 601 g/mol. The van der Waals surface area contributed by atoms with Gasteiger partial charge in [-0.2, -0.15) is 0 Å². The predicted molar refractivity (Wildman–Crippen MR) is 166 cm³/mol. The Hall–Kier alpha value is -4.24. The van der Waals surface area contributed by atoms with Crippen LogP contribution in [0.3, 0.4) is 0 Å². The lowest BCUT2D eigenvalue weighted by Gasteiger charge is -2.34. The number of benzene rings is 4. The number of hydrogen-bond acceptors (Lipinski definition) is 4. The van der Waals surface area contributed by atoms with Crippen molar-refractivity contribution < 1.29 is 22.4 Å². The van der Waals surface area contributed by atoms with Crippen LogP contribution >= 0.6 is 0 Å². The smallest absolute Gasteiger partial charge is 0.265 e. The molecule has 43 heavy (non-hydrogen) atoms. The van der Waals surface area contributed by atoms with Crippen molar-refractivity contribution in [2.45, 2.75) is 63.1 Å². The van der Waals surface area contributed by atoms with E-state index in [0.29, 0.717) is 16.6 Å². The van der Waals surface area contributed by atoms with Gasteiger partial charge in [0.05, 0.1) is 10.6 Å². The summed E-state index contributed by atoms with van der Waals surface area (Å²) in [6.07, 6.45) is 0.558. The quantitative estimate of drug-likeness (QED) is 0.248. The van der Waals surface area contributed by atoms with Gasteiger partial charge in [0.25, 0.3) is 10.0 Å².